The molecule has 1 fully saturated rings. The molecule has 25 heavy (non-hydrogen) atoms. The number of rotatable bonds is 4. The molecule has 0 unspecified atom stereocenters. The van der Waals surface area contributed by atoms with E-state index in [4.69, 9.17) is 0 Å². The Hall–Kier alpha value is -2.87. The fourth-order valence-electron chi connectivity index (χ4n) is 3.07. The molecule has 5 heteroatoms. The number of pyridine rings is 1. The van der Waals surface area contributed by atoms with E-state index in [1.54, 1.807) is 18.3 Å². The van der Waals surface area contributed by atoms with E-state index in [1.165, 1.54) is 11.1 Å². The Labute approximate surface area is 148 Å². The van der Waals surface area contributed by atoms with Crippen LogP contribution in [0, 0.1) is 18.3 Å². The molecular formula is C20H22N4O. The lowest BCUT2D eigenvalue weighted by Gasteiger charge is -2.35. The monoisotopic (exact) mass is 334 g/mol. The fourth-order valence-corrected chi connectivity index (χ4v) is 3.07. The van der Waals surface area contributed by atoms with Gasteiger partial charge in [0, 0.05) is 38.8 Å². The minimum atomic E-state index is 0.196. The summed E-state index contributed by atoms with van der Waals surface area (Å²) in [4.78, 5) is 20.8. The average Bonchev–Trinajstić information content (AvgIpc) is 2.67. The Bertz CT molecular complexity index is 771. The van der Waals surface area contributed by atoms with Crippen LogP contribution >= 0.6 is 0 Å². The Kier molecular flexibility index (Phi) is 5.30. The molecular weight excluding hydrogens is 312 g/mol. The number of anilines is 1. The number of hydrogen-bond donors (Lipinski definition) is 0. The van der Waals surface area contributed by atoms with Crippen LogP contribution in [-0.2, 0) is 11.2 Å². The number of carbonyl (C=O) groups is 1. The van der Waals surface area contributed by atoms with Gasteiger partial charge in [-0.1, -0.05) is 29.8 Å². The number of hydrogen-bond acceptors (Lipinski definition) is 4. The predicted molar refractivity (Wildman–Crippen MR) is 97.2 cm³/mol. The Morgan fingerprint density at radius 3 is 2.56 bits per heavy atom. The summed E-state index contributed by atoms with van der Waals surface area (Å²) in [6.45, 7) is 4.83. The summed E-state index contributed by atoms with van der Waals surface area (Å²) in [7, 11) is 0. The summed E-state index contributed by atoms with van der Waals surface area (Å²) >= 11 is 0. The van der Waals surface area contributed by atoms with Crippen molar-refractivity contribution in [3.8, 4) is 6.07 Å². The molecule has 5 nitrogen and oxygen atoms in total. The number of aryl methyl sites for hydroxylation is 2. The van der Waals surface area contributed by atoms with Crippen LogP contribution in [0.3, 0.4) is 0 Å². The van der Waals surface area contributed by atoms with E-state index in [-0.39, 0.29) is 5.91 Å². The summed E-state index contributed by atoms with van der Waals surface area (Å²) in [6, 6.07) is 14.1. The third-order valence-electron chi connectivity index (χ3n) is 4.59. The molecule has 0 atom stereocenters. The van der Waals surface area contributed by atoms with Gasteiger partial charge < -0.3 is 9.80 Å². The maximum atomic E-state index is 12.4. The van der Waals surface area contributed by atoms with Crippen molar-refractivity contribution in [2.24, 2.45) is 0 Å². The van der Waals surface area contributed by atoms with E-state index in [1.807, 2.05) is 4.90 Å². The maximum absolute atomic E-state index is 12.4. The summed E-state index contributed by atoms with van der Waals surface area (Å²) in [5.41, 5.74) is 3.02. The molecule has 1 aliphatic rings. The highest BCUT2D eigenvalue weighted by Gasteiger charge is 2.23. The first kappa shape index (κ1) is 17.0. The normalized spacial score (nSPS) is 14.2. The SMILES string of the molecule is Cc1ccc(CCC(=O)N2CCN(c3ncccc3C#N)CC2)cc1. The molecule has 1 aliphatic heterocycles. The highest BCUT2D eigenvalue weighted by molar-refractivity contribution is 5.76. The van der Waals surface area contributed by atoms with Gasteiger partial charge in [-0.3, -0.25) is 4.79 Å². The minimum absolute atomic E-state index is 0.196. The summed E-state index contributed by atoms with van der Waals surface area (Å²) in [5, 5.41) is 9.20. The molecule has 0 bridgehead atoms. The zero-order valence-corrected chi connectivity index (χ0v) is 14.5. The van der Waals surface area contributed by atoms with Crippen molar-refractivity contribution in [1.29, 1.82) is 5.26 Å². The van der Waals surface area contributed by atoms with Crippen LogP contribution < -0.4 is 4.90 Å². The van der Waals surface area contributed by atoms with Crippen molar-refractivity contribution in [1.82, 2.24) is 9.88 Å². The number of piperazine rings is 1. The Balaban J connectivity index is 1.52. The summed E-state index contributed by atoms with van der Waals surface area (Å²) in [6.07, 6.45) is 3.02. The molecule has 1 saturated heterocycles. The van der Waals surface area contributed by atoms with Gasteiger partial charge in [-0.2, -0.15) is 5.26 Å². The van der Waals surface area contributed by atoms with Gasteiger partial charge in [0.1, 0.15) is 11.9 Å². The third kappa shape index (κ3) is 4.16. The van der Waals surface area contributed by atoms with Gasteiger partial charge in [-0.25, -0.2) is 4.98 Å². The van der Waals surface area contributed by atoms with E-state index in [0.29, 0.717) is 38.2 Å². The molecule has 0 N–H and O–H groups in total. The van der Waals surface area contributed by atoms with Gasteiger partial charge in [0.2, 0.25) is 5.91 Å². The first-order valence-electron chi connectivity index (χ1n) is 8.61. The smallest absolute Gasteiger partial charge is 0.223 e. The van der Waals surface area contributed by atoms with Crippen LogP contribution in [-0.4, -0.2) is 42.0 Å². The van der Waals surface area contributed by atoms with Crippen LogP contribution in [0.4, 0.5) is 5.82 Å². The molecule has 3 rings (SSSR count). The van der Waals surface area contributed by atoms with Gasteiger partial charge in [0.25, 0.3) is 0 Å². The highest BCUT2D eigenvalue weighted by Crippen LogP contribution is 2.18. The standard InChI is InChI=1S/C20H22N4O/c1-16-4-6-17(7-5-16)8-9-19(25)23-11-13-24(14-12-23)20-18(15-21)3-2-10-22-20/h2-7,10H,8-9,11-14H2,1H3. The summed E-state index contributed by atoms with van der Waals surface area (Å²) in [5.74, 6) is 0.915. The Morgan fingerprint density at radius 2 is 1.88 bits per heavy atom. The van der Waals surface area contributed by atoms with Gasteiger partial charge in [-0.15, -0.1) is 0 Å². The molecule has 0 aliphatic carbocycles. The molecule has 2 aromatic rings. The van der Waals surface area contributed by atoms with E-state index in [9.17, 15) is 10.1 Å². The highest BCUT2D eigenvalue weighted by atomic mass is 16.2. The van der Waals surface area contributed by atoms with Crippen molar-refractivity contribution >= 4 is 11.7 Å². The summed E-state index contributed by atoms with van der Waals surface area (Å²) < 4.78 is 0. The molecule has 0 radical (unpaired) electrons. The average molecular weight is 334 g/mol. The zero-order chi connectivity index (χ0) is 17.6. The largest absolute Gasteiger partial charge is 0.352 e. The lowest BCUT2D eigenvalue weighted by Crippen LogP contribution is -2.49. The number of amides is 1. The van der Waals surface area contributed by atoms with Crippen LogP contribution in [0.25, 0.3) is 0 Å². The van der Waals surface area contributed by atoms with Crippen LogP contribution in [0.1, 0.15) is 23.1 Å². The van der Waals surface area contributed by atoms with Crippen molar-refractivity contribution in [2.45, 2.75) is 19.8 Å². The predicted octanol–water partition coefficient (Wildman–Crippen LogP) is 2.54. The van der Waals surface area contributed by atoms with Crippen molar-refractivity contribution in [3.05, 3.63) is 59.3 Å². The topological polar surface area (TPSA) is 60.2 Å². The second kappa shape index (κ2) is 7.80. The van der Waals surface area contributed by atoms with Crippen molar-refractivity contribution in [3.63, 3.8) is 0 Å². The minimum Gasteiger partial charge on any atom is -0.352 e. The number of carbonyl (C=O) groups excluding carboxylic acids is 1. The van der Waals surface area contributed by atoms with Crippen molar-refractivity contribution < 1.29 is 4.79 Å². The van der Waals surface area contributed by atoms with E-state index >= 15 is 0 Å². The van der Waals surface area contributed by atoms with Gasteiger partial charge >= 0.3 is 0 Å². The number of benzene rings is 1. The molecule has 1 amide bonds. The van der Waals surface area contributed by atoms with Crippen LogP contribution in [0.5, 0.6) is 0 Å². The maximum Gasteiger partial charge on any atom is 0.223 e. The first-order chi connectivity index (χ1) is 12.2. The molecule has 0 spiro atoms. The molecule has 128 valence electrons. The first-order valence-corrected chi connectivity index (χ1v) is 8.61. The van der Waals surface area contributed by atoms with Gasteiger partial charge in [0.05, 0.1) is 5.56 Å². The second-order valence-electron chi connectivity index (χ2n) is 6.34. The third-order valence-corrected chi connectivity index (χ3v) is 4.59. The van der Waals surface area contributed by atoms with Gasteiger partial charge in [-0.05, 0) is 31.0 Å². The zero-order valence-electron chi connectivity index (χ0n) is 14.5. The Morgan fingerprint density at radius 1 is 1.16 bits per heavy atom. The molecule has 0 saturated carbocycles. The number of nitrogens with zero attached hydrogens (tertiary/aromatic N) is 4. The molecule has 1 aromatic carbocycles. The quantitative estimate of drug-likeness (QED) is 0.862. The lowest BCUT2D eigenvalue weighted by atomic mass is 10.1. The molecule has 1 aromatic heterocycles. The number of nitriles is 1. The van der Waals surface area contributed by atoms with Gasteiger partial charge in [0.15, 0.2) is 0 Å². The van der Waals surface area contributed by atoms with E-state index < -0.39 is 0 Å². The lowest BCUT2D eigenvalue weighted by molar-refractivity contribution is -0.131. The molecule has 2 heterocycles. The van der Waals surface area contributed by atoms with E-state index in [0.717, 1.165) is 12.2 Å². The van der Waals surface area contributed by atoms with Crippen LogP contribution in [0.2, 0.25) is 0 Å². The van der Waals surface area contributed by atoms with E-state index in [2.05, 4.69) is 47.1 Å². The van der Waals surface area contributed by atoms with Crippen LogP contribution in [0.15, 0.2) is 42.6 Å². The number of aromatic nitrogens is 1. The van der Waals surface area contributed by atoms with Crippen molar-refractivity contribution in [2.75, 3.05) is 31.1 Å². The second-order valence-corrected chi connectivity index (χ2v) is 6.34. The fraction of sp³-hybridized carbons (Fsp3) is 0.350.